The van der Waals surface area contributed by atoms with Gasteiger partial charge in [-0.2, -0.15) is 0 Å². The SMILES string of the molecule is CCO.C[CH]C1(C)CCCCC1C. The molecular formula is C12H25O. The van der Waals surface area contributed by atoms with Crippen LogP contribution < -0.4 is 0 Å². The van der Waals surface area contributed by atoms with Gasteiger partial charge in [0.2, 0.25) is 0 Å². The Morgan fingerprint density at radius 2 is 2.00 bits per heavy atom. The molecule has 1 nitrogen and oxygen atoms in total. The Balaban J connectivity index is 0.000000424. The third kappa shape index (κ3) is 4.12. The van der Waals surface area contributed by atoms with E-state index in [2.05, 4.69) is 27.2 Å². The summed E-state index contributed by atoms with van der Waals surface area (Å²) in [4.78, 5) is 0. The van der Waals surface area contributed by atoms with Crippen molar-refractivity contribution in [3.05, 3.63) is 6.42 Å². The van der Waals surface area contributed by atoms with Gasteiger partial charge in [0, 0.05) is 6.61 Å². The molecule has 1 heteroatoms. The summed E-state index contributed by atoms with van der Waals surface area (Å²) in [6, 6.07) is 0. The zero-order chi connectivity index (χ0) is 10.3. The number of rotatable bonds is 1. The van der Waals surface area contributed by atoms with E-state index in [9.17, 15) is 0 Å². The van der Waals surface area contributed by atoms with Crippen molar-refractivity contribution in [1.82, 2.24) is 0 Å². The second-order valence-electron chi connectivity index (χ2n) is 4.26. The Morgan fingerprint density at radius 3 is 2.31 bits per heavy atom. The molecule has 79 valence electrons. The molecule has 0 aromatic rings. The van der Waals surface area contributed by atoms with Crippen molar-refractivity contribution in [3.8, 4) is 0 Å². The summed E-state index contributed by atoms with van der Waals surface area (Å²) in [5.41, 5.74) is 0.554. The molecule has 1 radical (unpaired) electrons. The molecule has 0 bridgehead atoms. The molecule has 0 amide bonds. The number of hydrogen-bond donors (Lipinski definition) is 1. The van der Waals surface area contributed by atoms with E-state index < -0.39 is 0 Å². The normalized spacial score (nSPS) is 33.5. The highest BCUT2D eigenvalue weighted by molar-refractivity contribution is 4.92. The minimum absolute atomic E-state index is 0.250. The van der Waals surface area contributed by atoms with E-state index in [1.165, 1.54) is 25.7 Å². The van der Waals surface area contributed by atoms with Crippen molar-refractivity contribution in [3.63, 3.8) is 0 Å². The van der Waals surface area contributed by atoms with E-state index >= 15 is 0 Å². The molecule has 1 rings (SSSR count). The van der Waals surface area contributed by atoms with Crippen molar-refractivity contribution in [1.29, 1.82) is 0 Å². The van der Waals surface area contributed by atoms with E-state index in [0.717, 1.165) is 5.92 Å². The molecule has 13 heavy (non-hydrogen) atoms. The molecule has 2 atom stereocenters. The van der Waals surface area contributed by atoms with Crippen molar-refractivity contribution in [2.45, 2.75) is 53.4 Å². The van der Waals surface area contributed by atoms with E-state index in [0.29, 0.717) is 5.41 Å². The predicted molar refractivity (Wildman–Crippen MR) is 58.5 cm³/mol. The van der Waals surface area contributed by atoms with Crippen molar-refractivity contribution in [2.75, 3.05) is 6.61 Å². The van der Waals surface area contributed by atoms with Crippen LogP contribution in [0.25, 0.3) is 0 Å². The molecule has 2 unspecified atom stereocenters. The van der Waals surface area contributed by atoms with Crippen molar-refractivity contribution < 1.29 is 5.11 Å². The van der Waals surface area contributed by atoms with Crippen LogP contribution in [0.3, 0.4) is 0 Å². The van der Waals surface area contributed by atoms with Gasteiger partial charge < -0.3 is 5.11 Å². The van der Waals surface area contributed by atoms with Crippen LogP contribution in [0.4, 0.5) is 0 Å². The third-order valence-corrected chi connectivity index (χ3v) is 3.39. The van der Waals surface area contributed by atoms with E-state index in [4.69, 9.17) is 5.11 Å². The quantitative estimate of drug-likeness (QED) is 0.663. The molecule has 0 aromatic carbocycles. The molecule has 0 aromatic heterocycles. The van der Waals surface area contributed by atoms with E-state index in [1.807, 2.05) is 0 Å². The summed E-state index contributed by atoms with van der Waals surface area (Å²) in [5, 5.41) is 7.57. The van der Waals surface area contributed by atoms with Gasteiger partial charge >= 0.3 is 0 Å². The monoisotopic (exact) mass is 185 g/mol. The van der Waals surface area contributed by atoms with Crippen LogP contribution in [0.15, 0.2) is 0 Å². The van der Waals surface area contributed by atoms with Crippen molar-refractivity contribution in [2.24, 2.45) is 11.3 Å². The van der Waals surface area contributed by atoms with Crippen LogP contribution >= 0.6 is 0 Å². The predicted octanol–water partition coefficient (Wildman–Crippen LogP) is 3.43. The van der Waals surface area contributed by atoms with Crippen LogP contribution in [0.5, 0.6) is 0 Å². The molecule has 0 saturated heterocycles. The number of aliphatic hydroxyl groups excluding tert-OH is 1. The van der Waals surface area contributed by atoms with Gasteiger partial charge in [0.1, 0.15) is 0 Å². The molecular weight excluding hydrogens is 160 g/mol. The average molecular weight is 185 g/mol. The van der Waals surface area contributed by atoms with Gasteiger partial charge in [-0.15, -0.1) is 0 Å². The lowest BCUT2D eigenvalue weighted by Crippen LogP contribution is -2.28. The van der Waals surface area contributed by atoms with E-state index in [1.54, 1.807) is 6.92 Å². The summed E-state index contributed by atoms with van der Waals surface area (Å²) in [7, 11) is 0. The smallest absolute Gasteiger partial charge is 0.0402 e. The summed E-state index contributed by atoms with van der Waals surface area (Å²) in [5.74, 6) is 0.909. The summed E-state index contributed by atoms with van der Waals surface area (Å²) >= 11 is 0. The Bertz CT molecular complexity index is 122. The molecule has 0 aliphatic heterocycles. The van der Waals surface area contributed by atoms with Gasteiger partial charge in [-0.25, -0.2) is 0 Å². The highest BCUT2D eigenvalue weighted by atomic mass is 16.2. The second kappa shape index (κ2) is 6.42. The van der Waals surface area contributed by atoms with E-state index in [-0.39, 0.29) is 6.61 Å². The lowest BCUT2D eigenvalue weighted by molar-refractivity contribution is 0.170. The molecule has 1 aliphatic carbocycles. The minimum atomic E-state index is 0.250. The molecule has 0 spiro atoms. The first-order chi connectivity index (χ1) is 6.10. The van der Waals surface area contributed by atoms with Gasteiger partial charge in [-0.3, -0.25) is 0 Å². The number of aliphatic hydroxyl groups is 1. The highest BCUT2D eigenvalue weighted by Gasteiger charge is 2.31. The van der Waals surface area contributed by atoms with Gasteiger partial charge in [-0.05, 0) is 31.1 Å². The third-order valence-electron chi connectivity index (χ3n) is 3.39. The Kier molecular flexibility index (Phi) is 6.40. The van der Waals surface area contributed by atoms with Crippen LogP contribution in [-0.2, 0) is 0 Å². The topological polar surface area (TPSA) is 20.2 Å². The maximum absolute atomic E-state index is 7.57. The minimum Gasteiger partial charge on any atom is -0.397 e. The van der Waals surface area contributed by atoms with Crippen LogP contribution in [-0.4, -0.2) is 11.7 Å². The lowest BCUT2D eigenvalue weighted by Gasteiger charge is -2.38. The largest absolute Gasteiger partial charge is 0.397 e. The van der Waals surface area contributed by atoms with Crippen LogP contribution in [0, 0.1) is 17.8 Å². The van der Waals surface area contributed by atoms with Gasteiger partial charge in [0.25, 0.3) is 0 Å². The molecule has 1 N–H and O–H groups in total. The first-order valence-electron chi connectivity index (χ1n) is 5.52. The lowest BCUT2D eigenvalue weighted by atomic mass is 9.67. The van der Waals surface area contributed by atoms with Crippen LogP contribution in [0.1, 0.15) is 53.4 Å². The maximum atomic E-state index is 7.57. The Hall–Kier alpha value is -0.0400. The van der Waals surface area contributed by atoms with Gasteiger partial charge in [0.05, 0.1) is 0 Å². The zero-order valence-corrected chi connectivity index (χ0v) is 9.64. The Labute approximate surface area is 83.5 Å². The maximum Gasteiger partial charge on any atom is 0.0402 e. The zero-order valence-electron chi connectivity index (χ0n) is 9.64. The van der Waals surface area contributed by atoms with Gasteiger partial charge in [0.15, 0.2) is 0 Å². The summed E-state index contributed by atoms with van der Waals surface area (Å²) in [6.07, 6.45) is 8.12. The summed E-state index contributed by atoms with van der Waals surface area (Å²) < 4.78 is 0. The molecule has 1 saturated carbocycles. The van der Waals surface area contributed by atoms with Crippen LogP contribution in [0.2, 0.25) is 0 Å². The highest BCUT2D eigenvalue weighted by Crippen LogP contribution is 2.42. The molecule has 1 aliphatic rings. The molecule has 0 heterocycles. The Morgan fingerprint density at radius 1 is 1.46 bits per heavy atom. The fourth-order valence-electron chi connectivity index (χ4n) is 1.96. The summed E-state index contributed by atoms with van der Waals surface area (Å²) in [6.45, 7) is 8.93. The molecule has 1 fully saturated rings. The fourth-order valence-corrected chi connectivity index (χ4v) is 1.96. The van der Waals surface area contributed by atoms with Crippen molar-refractivity contribution >= 4 is 0 Å². The average Bonchev–Trinajstić information content (AvgIpc) is 2.12. The first-order valence-corrected chi connectivity index (χ1v) is 5.52. The van der Waals surface area contributed by atoms with Gasteiger partial charge in [-0.1, -0.05) is 40.0 Å². The standard InChI is InChI=1S/C10H19.C2H6O/c1-4-10(3)8-6-5-7-9(10)2;1-2-3/h4,9H,5-8H2,1-3H3;3H,2H2,1H3. The first kappa shape index (κ1) is 13.0. The second-order valence-corrected chi connectivity index (χ2v) is 4.26. The number of hydrogen-bond acceptors (Lipinski definition) is 1. The fraction of sp³-hybridized carbons (Fsp3) is 0.917.